The first-order valence-corrected chi connectivity index (χ1v) is 6.11. The first-order chi connectivity index (χ1) is 6.60. The number of pyridine rings is 1. The van der Waals surface area contributed by atoms with E-state index in [1.165, 1.54) is 11.8 Å². The zero-order chi connectivity index (χ0) is 10.7. The number of thiol groups is 1. The molecule has 0 fully saturated rings. The van der Waals surface area contributed by atoms with Gasteiger partial charge in [0.2, 0.25) is 0 Å². The number of halogens is 2. The van der Waals surface area contributed by atoms with Crippen LogP contribution in [-0.4, -0.2) is 17.0 Å². The molecule has 0 radical (unpaired) electrons. The largest absolute Gasteiger partial charge is 0.236 e. The van der Waals surface area contributed by atoms with Crippen LogP contribution < -0.4 is 0 Å². The summed E-state index contributed by atoms with van der Waals surface area (Å²) in [6.07, 6.45) is 1.81. The van der Waals surface area contributed by atoms with Gasteiger partial charge in [0.25, 0.3) is 0 Å². The molecule has 0 unspecified atom stereocenters. The van der Waals surface area contributed by atoms with Crippen LogP contribution in [0.4, 0.5) is 4.39 Å². The number of rotatable bonds is 2. The van der Waals surface area contributed by atoms with Crippen molar-refractivity contribution in [1.29, 1.82) is 0 Å². The average Bonchev–Trinajstić information content (AvgIpc) is 2.19. The van der Waals surface area contributed by atoms with Gasteiger partial charge in [0.1, 0.15) is 10.3 Å². The van der Waals surface area contributed by atoms with E-state index in [0.717, 1.165) is 0 Å². The zero-order valence-electron chi connectivity index (χ0n) is 7.58. The summed E-state index contributed by atoms with van der Waals surface area (Å²) in [7, 11) is 0. The second-order valence-corrected chi connectivity index (χ2v) is 4.36. The van der Waals surface area contributed by atoms with Crippen LogP contribution in [0.5, 0.6) is 0 Å². The molecule has 1 rings (SSSR count). The van der Waals surface area contributed by atoms with E-state index in [1.807, 2.05) is 6.26 Å². The maximum Gasteiger partial charge on any atom is 0.164 e. The van der Waals surface area contributed by atoms with E-state index < -0.39 is 0 Å². The van der Waals surface area contributed by atoms with Gasteiger partial charge in [-0.1, -0.05) is 0 Å². The molecule has 1 aromatic rings. The Kier molecular flexibility index (Phi) is 4.40. The highest BCUT2D eigenvalue weighted by atomic mass is 79.9. The molecule has 0 spiro atoms. The Morgan fingerprint density at radius 2 is 2.36 bits per heavy atom. The molecular formula is C8H8BrFN2S2. The predicted molar refractivity (Wildman–Crippen MR) is 64.9 cm³/mol. The number of aromatic nitrogens is 1. The van der Waals surface area contributed by atoms with Gasteiger partial charge in [-0.25, -0.2) is 13.8 Å². The summed E-state index contributed by atoms with van der Waals surface area (Å²) in [5, 5.41) is 0. The van der Waals surface area contributed by atoms with E-state index in [-0.39, 0.29) is 11.5 Å². The fraction of sp³-hybridized carbons (Fsp3) is 0.250. The van der Waals surface area contributed by atoms with Crippen LogP contribution in [0.3, 0.4) is 0 Å². The highest BCUT2D eigenvalue weighted by Gasteiger charge is 2.13. The second kappa shape index (κ2) is 5.14. The molecule has 0 saturated heterocycles. The molecule has 0 amide bonds. The standard InChI is InChI=1S/C8H8BrFN2S2/c1-4(12-13)8-7(10)5(14-2)3-6(9)11-8/h3,13H,1-2H3/b12-4+. The number of nitrogens with zero attached hydrogens (tertiary/aromatic N) is 2. The Morgan fingerprint density at radius 3 is 2.86 bits per heavy atom. The minimum Gasteiger partial charge on any atom is -0.236 e. The molecule has 0 N–H and O–H groups in total. The van der Waals surface area contributed by atoms with E-state index in [4.69, 9.17) is 0 Å². The lowest BCUT2D eigenvalue weighted by molar-refractivity contribution is 0.591. The molecular weight excluding hydrogens is 287 g/mol. The van der Waals surface area contributed by atoms with Crippen LogP contribution in [0.2, 0.25) is 0 Å². The van der Waals surface area contributed by atoms with Gasteiger partial charge in [-0.2, -0.15) is 0 Å². The molecule has 6 heteroatoms. The second-order valence-electron chi connectivity index (χ2n) is 2.50. The van der Waals surface area contributed by atoms with Gasteiger partial charge in [-0.3, -0.25) is 0 Å². The summed E-state index contributed by atoms with van der Waals surface area (Å²) in [5.74, 6) is -0.351. The van der Waals surface area contributed by atoms with E-state index in [0.29, 0.717) is 15.2 Å². The van der Waals surface area contributed by atoms with E-state index >= 15 is 0 Å². The fourth-order valence-corrected chi connectivity index (χ4v) is 2.07. The first kappa shape index (κ1) is 12.0. The summed E-state index contributed by atoms with van der Waals surface area (Å²) in [6, 6.07) is 1.63. The van der Waals surface area contributed by atoms with Crippen molar-refractivity contribution in [2.45, 2.75) is 11.8 Å². The van der Waals surface area contributed by atoms with Crippen molar-refractivity contribution in [3.63, 3.8) is 0 Å². The fourth-order valence-electron chi connectivity index (χ4n) is 0.912. The van der Waals surface area contributed by atoms with Gasteiger partial charge >= 0.3 is 0 Å². The van der Waals surface area contributed by atoms with Crippen LogP contribution >= 0.6 is 40.5 Å². The average molecular weight is 295 g/mol. The van der Waals surface area contributed by atoms with E-state index in [2.05, 4.69) is 38.1 Å². The molecule has 2 nitrogen and oxygen atoms in total. The zero-order valence-corrected chi connectivity index (χ0v) is 10.9. The highest BCUT2D eigenvalue weighted by molar-refractivity contribution is 9.10. The molecule has 1 aromatic heterocycles. The number of hydrogen-bond donors (Lipinski definition) is 1. The third-order valence-electron chi connectivity index (χ3n) is 1.61. The lowest BCUT2D eigenvalue weighted by Crippen LogP contribution is -2.03. The third kappa shape index (κ3) is 2.49. The van der Waals surface area contributed by atoms with Gasteiger partial charge in [-0.15, -0.1) is 11.8 Å². The van der Waals surface area contributed by atoms with Gasteiger partial charge in [0.05, 0.1) is 5.71 Å². The lowest BCUT2D eigenvalue weighted by Gasteiger charge is -2.05. The maximum absolute atomic E-state index is 13.7. The van der Waals surface area contributed by atoms with Gasteiger partial charge < -0.3 is 0 Å². The molecule has 1 heterocycles. The normalized spacial score (nSPS) is 11.9. The molecule has 0 atom stereocenters. The minimum absolute atomic E-state index is 0.235. The molecule has 0 aliphatic carbocycles. The monoisotopic (exact) mass is 294 g/mol. The van der Waals surface area contributed by atoms with Gasteiger partial charge in [0.15, 0.2) is 5.82 Å². The molecule has 0 saturated carbocycles. The topological polar surface area (TPSA) is 25.2 Å². The van der Waals surface area contributed by atoms with Crippen molar-refractivity contribution < 1.29 is 4.39 Å². The van der Waals surface area contributed by atoms with Crippen LogP contribution in [0.15, 0.2) is 20.0 Å². The highest BCUT2D eigenvalue weighted by Crippen LogP contribution is 2.24. The van der Waals surface area contributed by atoms with Crippen molar-refractivity contribution in [2.24, 2.45) is 4.40 Å². The molecule has 76 valence electrons. The van der Waals surface area contributed by atoms with E-state index in [1.54, 1.807) is 13.0 Å². The molecule has 0 bridgehead atoms. The van der Waals surface area contributed by atoms with Crippen molar-refractivity contribution in [3.8, 4) is 0 Å². The van der Waals surface area contributed by atoms with Crippen LogP contribution in [0, 0.1) is 5.82 Å². The van der Waals surface area contributed by atoms with Crippen LogP contribution in [0.25, 0.3) is 0 Å². The van der Waals surface area contributed by atoms with Crippen molar-refractivity contribution >= 4 is 46.2 Å². The summed E-state index contributed by atoms with van der Waals surface area (Å²) >= 11 is 8.27. The lowest BCUT2D eigenvalue weighted by atomic mass is 10.2. The van der Waals surface area contributed by atoms with Crippen LogP contribution in [-0.2, 0) is 0 Å². The molecule has 14 heavy (non-hydrogen) atoms. The predicted octanol–water partition coefficient (Wildman–Crippen LogP) is 3.36. The maximum atomic E-state index is 13.7. The van der Waals surface area contributed by atoms with Gasteiger partial charge in [-0.05, 0) is 48.0 Å². The molecule has 0 aliphatic heterocycles. The first-order valence-electron chi connectivity index (χ1n) is 3.69. The van der Waals surface area contributed by atoms with Crippen molar-refractivity contribution in [1.82, 2.24) is 4.98 Å². The summed E-state index contributed by atoms with van der Waals surface area (Å²) in [6.45, 7) is 1.66. The van der Waals surface area contributed by atoms with Crippen LogP contribution in [0.1, 0.15) is 12.6 Å². The summed E-state index contributed by atoms with van der Waals surface area (Å²) in [5.41, 5.74) is 0.696. The number of hydrogen-bond acceptors (Lipinski definition) is 4. The Labute approximate surface area is 100 Å². The Bertz CT molecular complexity index is 382. The van der Waals surface area contributed by atoms with Gasteiger partial charge in [0, 0.05) is 4.90 Å². The Balaban J connectivity index is 3.36. The molecule has 0 aliphatic rings. The summed E-state index contributed by atoms with van der Waals surface area (Å²) in [4.78, 5) is 4.54. The Hall–Kier alpha value is -0.0700. The SMILES string of the molecule is CSc1cc(Br)nc(/C(C)=N/S)c1F. The van der Waals surface area contributed by atoms with Crippen molar-refractivity contribution in [3.05, 3.63) is 22.2 Å². The minimum atomic E-state index is -0.351. The summed E-state index contributed by atoms with van der Waals surface area (Å²) < 4.78 is 17.9. The quantitative estimate of drug-likeness (QED) is 0.392. The smallest absolute Gasteiger partial charge is 0.164 e. The van der Waals surface area contributed by atoms with Crippen molar-refractivity contribution in [2.75, 3.05) is 6.26 Å². The Morgan fingerprint density at radius 1 is 1.71 bits per heavy atom. The third-order valence-corrected chi connectivity index (χ3v) is 3.05. The number of thioether (sulfide) groups is 1. The molecule has 0 aromatic carbocycles. The van der Waals surface area contributed by atoms with E-state index in [9.17, 15) is 4.39 Å².